The number of aromatic nitrogens is 2. The molecule has 22 heavy (non-hydrogen) atoms. The van der Waals surface area contributed by atoms with Crippen LogP contribution in [0.15, 0.2) is 24.7 Å². The van der Waals surface area contributed by atoms with Gasteiger partial charge in [0.2, 0.25) is 5.91 Å². The molecule has 0 bridgehead atoms. The highest BCUT2D eigenvalue weighted by Gasteiger charge is 2.29. The van der Waals surface area contributed by atoms with Crippen LogP contribution in [0.2, 0.25) is 0 Å². The number of pyridine rings is 1. The van der Waals surface area contributed by atoms with Gasteiger partial charge >= 0.3 is 0 Å². The molecule has 0 aliphatic carbocycles. The van der Waals surface area contributed by atoms with E-state index < -0.39 is 0 Å². The van der Waals surface area contributed by atoms with Crippen molar-refractivity contribution in [3.63, 3.8) is 0 Å². The smallest absolute Gasteiger partial charge is 0.255 e. The summed E-state index contributed by atoms with van der Waals surface area (Å²) in [5.41, 5.74) is 2.51. The first-order valence-corrected chi connectivity index (χ1v) is 7.54. The molecule has 2 aromatic rings. The zero-order chi connectivity index (χ0) is 15.7. The van der Waals surface area contributed by atoms with Gasteiger partial charge in [0, 0.05) is 25.8 Å². The summed E-state index contributed by atoms with van der Waals surface area (Å²) in [5, 5.41) is 2.68. The minimum absolute atomic E-state index is 0.0123. The highest BCUT2D eigenvalue weighted by Crippen LogP contribution is 2.21. The molecule has 2 aromatic heterocycles. The summed E-state index contributed by atoms with van der Waals surface area (Å²) in [4.78, 5) is 30.5. The lowest BCUT2D eigenvalue weighted by molar-refractivity contribution is -0.125. The van der Waals surface area contributed by atoms with E-state index in [1.54, 1.807) is 24.5 Å². The standard InChI is InChI=1S/C16H20N4O2/c1-11-14(6-5-13-8-18-10-20(11)13)16(22)19-7-3-4-12(9-19)15(21)17-2/h5-6,8,10,12H,3-4,7,9H2,1-2H3,(H,17,21). The number of imidazole rings is 1. The van der Waals surface area contributed by atoms with Crippen LogP contribution in [0.1, 0.15) is 28.9 Å². The molecule has 1 saturated heterocycles. The molecule has 0 aromatic carbocycles. The Morgan fingerprint density at radius 3 is 2.95 bits per heavy atom. The van der Waals surface area contributed by atoms with Gasteiger partial charge in [-0.25, -0.2) is 4.98 Å². The maximum Gasteiger partial charge on any atom is 0.255 e. The molecule has 1 atom stereocenters. The van der Waals surface area contributed by atoms with Crippen molar-refractivity contribution in [2.75, 3.05) is 20.1 Å². The van der Waals surface area contributed by atoms with Crippen LogP contribution in [-0.2, 0) is 4.79 Å². The second-order valence-corrected chi connectivity index (χ2v) is 5.73. The molecule has 6 nitrogen and oxygen atoms in total. The molecule has 1 aliphatic heterocycles. The number of piperidine rings is 1. The summed E-state index contributed by atoms with van der Waals surface area (Å²) in [6.07, 6.45) is 5.17. The quantitative estimate of drug-likeness (QED) is 0.907. The van der Waals surface area contributed by atoms with Gasteiger partial charge in [-0.05, 0) is 31.9 Å². The molecule has 3 rings (SSSR count). The maximum atomic E-state index is 12.8. The first-order valence-electron chi connectivity index (χ1n) is 7.54. The second-order valence-electron chi connectivity index (χ2n) is 5.73. The zero-order valence-electron chi connectivity index (χ0n) is 12.9. The van der Waals surface area contributed by atoms with Gasteiger partial charge in [-0.15, -0.1) is 0 Å². The number of hydrogen-bond acceptors (Lipinski definition) is 3. The van der Waals surface area contributed by atoms with Crippen LogP contribution in [0.3, 0.4) is 0 Å². The topological polar surface area (TPSA) is 66.7 Å². The van der Waals surface area contributed by atoms with Crippen LogP contribution >= 0.6 is 0 Å². The molecule has 1 aliphatic rings. The summed E-state index contributed by atoms with van der Waals surface area (Å²) in [7, 11) is 1.64. The number of fused-ring (bicyclic) bond motifs is 1. The van der Waals surface area contributed by atoms with E-state index in [0.29, 0.717) is 18.7 Å². The Kier molecular flexibility index (Phi) is 3.83. The fourth-order valence-electron chi connectivity index (χ4n) is 3.10. The number of nitrogens with one attached hydrogen (secondary N) is 1. The zero-order valence-corrected chi connectivity index (χ0v) is 12.9. The minimum Gasteiger partial charge on any atom is -0.359 e. The van der Waals surface area contributed by atoms with Crippen LogP contribution in [0.5, 0.6) is 0 Å². The predicted molar refractivity (Wildman–Crippen MR) is 82.6 cm³/mol. The van der Waals surface area contributed by atoms with E-state index in [2.05, 4.69) is 10.3 Å². The van der Waals surface area contributed by atoms with E-state index in [9.17, 15) is 9.59 Å². The summed E-state index contributed by atoms with van der Waals surface area (Å²) in [6, 6.07) is 3.74. The fourth-order valence-corrected chi connectivity index (χ4v) is 3.10. The number of amides is 2. The van der Waals surface area contributed by atoms with Gasteiger partial charge in [-0.2, -0.15) is 0 Å². The average molecular weight is 300 g/mol. The van der Waals surface area contributed by atoms with Gasteiger partial charge in [-0.1, -0.05) is 0 Å². The van der Waals surface area contributed by atoms with Crippen molar-refractivity contribution in [1.29, 1.82) is 0 Å². The monoisotopic (exact) mass is 300 g/mol. The van der Waals surface area contributed by atoms with Gasteiger partial charge in [0.25, 0.3) is 5.91 Å². The molecule has 3 heterocycles. The largest absolute Gasteiger partial charge is 0.359 e. The van der Waals surface area contributed by atoms with E-state index in [1.807, 2.05) is 23.5 Å². The highest BCUT2D eigenvalue weighted by atomic mass is 16.2. The van der Waals surface area contributed by atoms with Crippen LogP contribution in [0, 0.1) is 12.8 Å². The number of carbonyl (C=O) groups is 2. The molecule has 6 heteroatoms. The molecule has 116 valence electrons. The van der Waals surface area contributed by atoms with Crippen LogP contribution in [0.4, 0.5) is 0 Å². The minimum atomic E-state index is -0.111. The van der Waals surface area contributed by atoms with Crippen molar-refractivity contribution in [3.05, 3.63) is 35.9 Å². The van der Waals surface area contributed by atoms with Gasteiger partial charge in [0.1, 0.15) is 0 Å². The molecule has 0 spiro atoms. The number of aryl methyl sites for hydroxylation is 1. The van der Waals surface area contributed by atoms with E-state index in [0.717, 1.165) is 24.1 Å². The SMILES string of the molecule is CNC(=O)C1CCCN(C(=O)c2ccc3cncn3c2C)C1. The lowest BCUT2D eigenvalue weighted by atomic mass is 9.96. The molecular weight excluding hydrogens is 280 g/mol. The Morgan fingerprint density at radius 1 is 1.36 bits per heavy atom. The molecular formula is C16H20N4O2. The summed E-state index contributed by atoms with van der Waals surface area (Å²) in [5.74, 6) is -0.110. The second kappa shape index (κ2) is 5.79. The summed E-state index contributed by atoms with van der Waals surface area (Å²) in [6.45, 7) is 3.11. The van der Waals surface area contributed by atoms with E-state index in [4.69, 9.17) is 0 Å². The first-order chi connectivity index (χ1) is 10.6. The van der Waals surface area contributed by atoms with Gasteiger partial charge in [-0.3, -0.25) is 9.59 Å². The molecule has 1 unspecified atom stereocenters. The molecule has 0 radical (unpaired) electrons. The predicted octanol–water partition coefficient (Wildman–Crippen LogP) is 1.24. The molecule has 0 saturated carbocycles. The number of likely N-dealkylation sites (tertiary alicyclic amines) is 1. The van der Waals surface area contributed by atoms with E-state index in [-0.39, 0.29) is 17.7 Å². The van der Waals surface area contributed by atoms with Crippen molar-refractivity contribution in [2.45, 2.75) is 19.8 Å². The Hall–Kier alpha value is -2.37. The number of rotatable bonds is 2. The summed E-state index contributed by atoms with van der Waals surface area (Å²) < 4.78 is 1.91. The van der Waals surface area contributed by atoms with Crippen molar-refractivity contribution in [3.8, 4) is 0 Å². The normalized spacial score (nSPS) is 18.5. The Balaban J connectivity index is 1.85. The third kappa shape index (κ3) is 2.45. The van der Waals surface area contributed by atoms with Crippen molar-refractivity contribution in [1.82, 2.24) is 19.6 Å². The van der Waals surface area contributed by atoms with Crippen molar-refractivity contribution < 1.29 is 9.59 Å². The fraction of sp³-hybridized carbons (Fsp3) is 0.438. The number of carbonyl (C=O) groups excluding carboxylic acids is 2. The molecule has 1 N–H and O–H groups in total. The van der Waals surface area contributed by atoms with Crippen molar-refractivity contribution in [2.24, 2.45) is 5.92 Å². The van der Waals surface area contributed by atoms with E-state index in [1.165, 1.54) is 0 Å². The average Bonchev–Trinajstić information content (AvgIpc) is 3.03. The lowest BCUT2D eigenvalue weighted by Crippen LogP contribution is -2.45. The molecule has 1 fully saturated rings. The number of nitrogens with zero attached hydrogens (tertiary/aromatic N) is 3. The van der Waals surface area contributed by atoms with Gasteiger partial charge in [0.15, 0.2) is 0 Å². The first kappa shape index (κ1) is 14.6. The highest BCUT2D eigenvalue weighted by molar-refractivity contribution is 5.96. The van der Waals surface area contributed by atoms with Crippen LogP contribution in [0.25, 0.3) is 5.52 Å². The maximum absolute atomic E-state index is 12.8. The third-order valence-electron chi connectivity index (χ3n) is 4.40. The van der Waals surface area contributed by atoms with Crippen LogP contribution in [-0.4, -0.2) is 46.2 Å². The lowest BCUT2D eigenvalue weighted by Gasteiger charge is -2.32. The Morgan fingerprint density at radius 2 is 2.18 bits per heavy atom. The van der Waals surface area contributed by atoms with Gasteiger partial charge in [0.05, 0.1) is 29.5 Å². The Labute approximate surface area is 129 Å². The Bertz CT molecular complexity index is 722. The van der Waals surface area contributed by atoms with E-state index >= 15 is 0 Å². The third-order valence-corrected chi connectivity index (χ3v) is 4.40. The summed E-state index contributed by atoms with van der Waals surface area (Å²) >= 11 is 0. The molecule has 2 amide bonds. The number of hydrogen-bond donors (Lipinski definition) is 1. The van der Waals surface area contributed by atoms with Crippen molar-refractivity contribution >= 4 is 17.3 Å². The van der Waals surface area contributed by atoms with Gasteiger partial charge < -0.3 is 14.6 Å². The van der Waals surface area contributed by atoms with Crippen LogP contribution < -0.4 is 5.32 Å².